The number of hydrogen-bond donors (Lipinski definition) is 1. The van der Waals surface area contributed by atoms with E-state index in [0.29, 0.717) is 22.6 Å². The Morgan fingerprint density at radius 1 is 1.36 bits per heavy atom. The molecule has 0 aliphatic rings. The molecule has 2 rings (SSSR count). The molecule has 1 aromatic carbocycles. The molecule has 1 aromatic heterocycles. The van der Waals surface area contributed by atoms with E-state index in [2.05, 4.69) is 38.8 Å². The molecule has 0 aliphatic heterocycles. The summed E-state index contributed by atoms with van der Waals surface area (Å²) < 4.78 is 17.2. The highest BCUT2D eigenvalue weighted by molar-refractivity contribution is 6.74. The van der Waals surface area contributed by atoms with Crippen molar-refractivity contribution < 1.29 is 23.5 Å². The summed E-state index contributed by atoms with van der Waals surface area (Å²) >= 11 is 0. The van der Waals surface area contributed by atoms with Gasteiger partial charge in [-0.05, 0) is 37.2 Å². The fourth-order valence-electron chi connectivity index (χ4n) is 2.25. The van der Waals surface area contributed by atoms with Crippen molar-refractivity contribution in [2.75, 3.05) is 6.61 Å². The second kappa shape index (κ2) is 6.80. The molecule has 0 aliphatic carbocycles. The summed E-state index contributed by atoms with van der Waals surface area (Å²) in [5.41, 5.74) is 1.20. The lowest BCUT2D eigenvalue weighted by atomic mass is 10.1. The normalized spacial score (nSPS) is 13.9. The molecule has 7 heteroatoms. The third-order valence-corrected chi connectivity index (χ3v) is 9.10. The number of benzene rings is 1. The first kappa shape index (κ1) is 19.5. The largest absolute Gasteiger partial charge is 0.506 e. The summed E-state index contributed by atoms with van der Waals surface area (Å²) in [5, 5.41) is 9.95. The van der Waals surface area contributed by atoms with Gasteiger partial charge < -0.3 is 18.7 Å². The summed E-state index contributed by atoms with van der Waals surface area (Å²) in [5.74, 6) is -0.0495. The van der Waals surface area contributed by atoms with Gasteiger partial charge in [-0.25, -0.2) is 9.78 Å². The van der Waals surface area contributed by atoms with Gasteiger partial charge in [0.1, 0.15) is 5.75 Å². The number of nitrogens with zero attached hydrogens (tertiary/aromatic N) is 1. The number of esters is 1. The number of oxazole rings is 1. The van der Waals surface area contributed by atoms with Crippen molar-refractivity contribution in [1.29, 1.82) is 0 Å². The van der Waals surface area contributed by atoms with Crippen molar-refractivity contribution in [2.45, 2.75) is 58.9 Å². The first-order valence-electron chi connectivity index (χ1n) is 8.41. The molecule has 1 unspecified atom stereocenters. The van der Waals surface area contributed by atoms with Crippen LogP contribution in [0.15, 0.2) is 16.5 Å². The molecule has 2 aromatic rings. The van der Waals surface area contributed by atoms with E-state index < -0.39 is 20.4 Å². The highest BCUT2D eigenvalue weighted by Crippen LogP contribution is 2.42. The Hall–Kier alpha value is -1.86. The second-order valence-corrected chi connectivity index (χ2v) is 12.4. The molecule has 138 valence electrons. The van der Waals surface area contributed by atoms with Crippen LogP contribution in [0.5, 0.6) is 5.75 Å². The molecule has 0 spiro atoms. The van der Waals surface area contributed by atoms with E-state index in [4.69, 9.17) is 13.6 Å². The molecule has 0 saturated heterocycles. The Balaban J connectivity index is 2.57. The molecule has 0 fully saturated rings. The van der Waals surface area contributed by atoms with Crippen LogP contribution in [0.1, 0.15) is 45.3 Å². The van der Waals surface area contributed by atoms with Crippen LogP contribution in [0.4, 0.5) is 0 Å². The average Bonchev–Trinajstić information content (AvgIpc) is 2.87. The Morgan fingerprint density at radius 3 is 2.56 bits per heavy atom. The lowest BCUT2D eigenvalue weighted by Gasteiger charge is -2.38. The monoisotopic (exact) mass is 365 g/mol. The van der Waals surface area contributed by atoms with Crippen LogP contribution in [-0.2, 0) is 14.0 Å². The van der Waals surface area contributed by atoms with Crippen molar-refractivity contribution in [3.8, 4) is 5.75 Å². The third kappa shape index (κ3) is 3.87. The molecule has 0 radical (unpaired) electrons. The van der Waals surface area contributed by atoms with Gasteiger partial charge in [0.05, 0.1) is 6.61 Å². The SMILES string of the molecule is CCOC(=O)C(O[Si](C)(C)C(C)(C)C)c1ccc(O)c2nc(C)oc12. The summed E-state index contributed by atoms with van der Waals surface area (Å²) in [4.78, 5) is 16.8. The van der Waals surface area contributed by atoms with Crippen LogP contribution < -0.4 is 0 Å². The van der Waals surface area contributed by atoms with Crippen molar-refractivity contribution >= 4 is 25.4 Å². The smallest absolute Gasteiger partial charge is 0.338 e. The Labute approximate surface area is 149 Å². The van der Waals surface area contributed by atoms with Crippen LogP contribution in [0, 0.1) is 6.92 Å². The number of hydrogen-bond acceptors (Lipinski definition) is 6. The van der Waals surface area contributed by atoms with E-state index in [1.807, 2.05) is 0 Å². The number of aromatic hydroxyl groups is 1. The predicted octanol–water partition coefficient (Wildman–Crippen LogP) is 4.47. The van der Waals surface area contributed by atoms with Gasteiger partial charge in [0.25, 0.3) is 0 Å². The summed E-state index contributed by atoms with van der Waals surface area (Å²) in [6.45, 7) is 14.2. The highest BCUT2D eigenvalue weighted by atomic mass is 28.4. The maximum atomic E-state index is 12.6. The highest BCUT2D eigenvalue weighted by Gasteiger charge is 2.42. The molecule has 1 heterocycles. The van der Waals surface area contributed by atoms with Crippen LogP contribution in [0.25, 0.3) is 11.1 Å². The Kier molecular flexibility index (Phi) is 5.29. The number of ether oxygens (including phenoxy) is 1. The van der Waals surface area contributed by atoms with Crippen molar-refractivity contribution in [3.63, 3.8) is 0 Å². The zero-order valence-corrected chi connectivity index (χ0v) is 17.0. The number of aromatic nitrogens is 1. The number of carbonyl (C=O) groups excluding carboxylic acids is 1. The summed E-state index contributed by atoms with van der Waals surface area (Å²) in [7, 11) is -2.26. The molecule has 25 heavy (non-hydrogen) atoms. The first-order valence-corrected chi connectivity index (χ1v) is 11.3. The number of phenolic OH excluding ortho intramolecular Hbond substituents is 1. The molecule has 0 bridgehead atoms. The molecule has 1 atom stereocenters. The lowest BCUT2D eigenvalue weighted by Crippen LogP contribution is -2.43. The van der Waals surface area contributed by atoms with Crippen LogP contribution >= 0.6 is 0 Å². The fraction of sp³-hybridized carbons (Fsp3) is 0.556. The van der Waals surface area contributed by atoms with Crippen molar-refractivity contribution in [2.24, 2.45) is 0 Å². The van der Waals surface area contributed by atoms with Gasteiger partial charge in [-0.1, -0.05) is 20.8 Å². The minimum absolute atomic E-state index is 0.00513. The molecule has 0 amide bonds. The minimum atomic E-state index is -2.26. The zero-order valence-electron chi connectivity index (χ0n) is 16.0. The van der Waals surface area contributed by atoms with Gasteiger partial charge in [0.2, 0.25) is 0 Å². The molecule has 1 N–H and O–H groups in total. The van der Waals surface area contributed by atoms with E-state index in [1.165, 1.54) is 6.07 Å². The average molecular weight is 366 g/mol. The molecular formula is C18H27NO5Si. The van der Waals surface area contributed by atoms with Gasteiger partial charge in [0, 0.05) is 12.5 Å². The standard InChI is InChI=1S/C18H27NO5Si/c1-8-22-17(21)16(24-25(6,7)18(3,4)5)12-9-10-13(20)14-15(12)23-11(2)19-14/h9-10,16,20H,8H2,1-7H3. The lowest BCUT2D eigenvalue weighted by molar-refractivity contribution is -0.152. The van der Waals surface area contributed by atoms with Crippen molar-refractivity contribution in [1.82, 2.24) is 4.98 Å². The van der Waals surface area contributed by atoms with Crippen molar-refractivity contribution in [3.05, 3.63) is 23.6 Å². The van der Waals surface area contributed by atoms with E-state index in [1.54, 1.807) is 19.9 Å². The van der Waals surface area contributed by atoms with Crippen LogP contribution in [0.3, 0.4) is 0 Å². The Morgan fingerprint density at radius 2 is 2.00 bits per heavy atom. The van der Waals surface area contributed by atoms with E-state index in [9.17, 15) is 9.90 Å². The quantitative estimate of drug-likeness (QED) is 0.622. The predicted molar refractivity (Wildman–Crippen MR) is 98.1 cm³/mol. The van der Waals surface area contributed by atoms with Gasteiger partial charge >= 0.3 is 5.97 Å². The van der Waals surface area contributed by atoms with Gasteiger partial charge in [-0.2, -0.15) is 0 Å². The number of aryl methyl sites for hydroxylation is 1. The Bertz CT molecular complexity index is 776. The minimum Gasteiger partial charge on any atom is -0.506 e. The maximum Gasteiger partial charge on any atom is 0.338 e. The number of carbonyl (C=O) groups is 1. The topological polar surface area (TPSA) is 81.8 Å². The van der Waals surface area contributed by atoms with E-state index in [0.717, 1.165) is 0 Å². The molecular weight excluding hydrogens is 338 g/mol. The molecule has 0 saturated carbocycles. The zero-order chi connectivity index (χ0) is 19.0. The van der Waals surface area contributed by atoms with Crippen LogP contribution in [0.2, 0.25) is 18.1 Å². The summed E-state index contributed by atoms with van der Waals surface area (Å²) in [6.07, 6.45) is -0.920. The first-order chi connectivity index (χ1) is 11.5. The number of fused-ring (bicyclic) bond motifs is 1. The number of phenols is 1. The van der Waals surface area contributed by atoms with Gasteiger partial charge in [-0.3, -0.25) is 0 Å². The van der Waals surface area contributed by atoms with E-state index >= 15 is 0 Å². The summed E-state index contributed by atoms with van der Waals surface area (Å²) in [6, 6.07) is 3.14. The second-order valence-electron chi connectivity index (χ2n) is 7.59. The van der Waals surface area contributed by atoms with E-state index in [-0.39, 0.29) is 17.4 Å². The fourth-order valence-corrected chi connectivity index (χ4v) is 3.42. The molecule has 6 nitrogen and oxygen atoms in total. The number of rotatable bonds is 5. The third-order valence-electron chi connectivity index (χ3n) is 4.66. The van der Waals surface area contributed by atoms with Gasteiger partial charge in [0.15, 0.2) is 31.4 Å². The maximum absolute atomic E-state index is 12.6. The van der Waals surface area contributed by atoms with Crippen LogP contribution in [-0.4, -0.2) is 31.0 Å². The van der Waals surface area contributed by atoms with Gasteiger partial charge in [-0.15, -0.1) is 0 Å².